The number of nitrogens with zero attached hydrogens (tertiary/aromatic N) is 2. The molecule has 146 valence electrons. The Labute approximate surface area is 172 Å². The number of aryl methyl sites for hydroxylation is 1. The van der Waals surface area contributed by atoms with E-state index in [0.29, 0.717) is 36.9 Å². The second kappa shape index (κ2) is 8.83. The predicted molar refractivity (Wildman–Crippen MR) is 110 cm³/mol. The van der Waals surface area contributed by atoms with Crippen molar-refractivity contribution in [2.75, 3.05) is 32.7 Å². The summed E-state index contributed by atoms with van der Waals surface area (Å²) in [5, 5.41) is 2.94. The van der Waals surface area contributed by atoms with Crippen molar-refractivity contribution in [3.8, 4) is 0 Å². The van der Waals surface area contributed by atoms with Crippen LogP contribution in [0.2, 0.25) is 0 Å². The Balaban J connectivity index is 1.48. The van der Waals surface area contributed by atoms with Gasteiger partial charge < -0.3 is 5.32 Å². The molecular weight excluding hydrogens is 450 g/mol. The summed E-state index contributed by atoms with van der Waals surface area (Å²) in [5.74, 6) is -0.0447. The third-order valence-electron chi connectivity index (χ3n) is 4.58. The first kappa shape index (κ1) is 20.5. The summed E-state index contributed by atoms with van der Waals surface area (Å²) in [6.07, 6.45) is 0. The SMILES string of the molecule is Cc1ccccc1CNC(=O)CN1CCN(S(=O)(=O)c2ccc(Br)s2)CC1. The summed E-state index contributed by atoms with van der Waals surface area (Å²) in [5.41, 5.74) is 2.25. The molecule has 1 aromatic carbocycles. The molecule has 0 atom stereocenters. The van der Waals surface area contributed by atoms with Crippen LogP contribution in [0.5, 0.6) is 0 Å². The van der Waals surface area contributed by atoms with Crippen LogP contribution < -0.4 is 5.32 Å². The highest BCUT2D eigenvalue weighted by Crippen LogP contribution is 2.28. The van der Waals surface area contributed by atoms with Crippen molar-refractivity contribution < 1.29 is 13.2 Å². The number of amides is 1. The number of hydrogen-bond donors (Lipinski definition) is 1. The van der Waals surface area contributed by atoms with Gasteiger partial charge in [-0.2, -0.15) is 4.31 Å². The predicted octanol–water partition coefficient (Wildman–Crippen LogP) is 2.44. The lowest BCUT2D eigenvalue weighted by molar-refractivity contribution is -0.122. The van der Waals surface area contributed by atoms with E-state index in [0.717, 1.165) is 14.9 Å². The zero-order valence-electron chi connectivity index (χ0n) is 15.0. The Morgan fingerprint density at radius 1 is 1.15 bits per heavy atom. The molecule has 0 unspecified atom stereocenters. The topological polar surface area (TPSA) is 69.7 Å². The Morgan fingerprint density at radius 3 is 2.48 bits per heavy atom. The highest BCUT2D eigenvalue weighted by atomic mass is 79.9. The number of sulfonamides is 1. The van der Waals surface area contributed by atoms with E-state index in [9.17, 15) is 13.2 Å². The van der Waals surface area contributed by atoms with Gasteiger partial charge in [-0.05, 0) is 46.1 Å². The summed E-state index contributed by atoms with van der Waals surface area (Å²) in [6, 6.07) is 11.3. The van der Waals surface area contributed by atoms with Crippen LogP contribution in [0.15, 0.2) is 44.4 Å². The van der Waals surface area contributed by atoms with E-state index >= 15 is 0 Å². The molecule has 1 fully saturated rings. The molecule has 2 heterocycles. The lowest BCUT2D eigenvalue weighted by Crippen LogP contribution is -2.50. The smallest absolute Gasteiger partial charge is 0.252 e. The molecule has 1 aliphatic heterocycles. The van der Waals surface area contributed by atoms with Crippen molar-refractivity contribution in [3.63, 3.8) is 0 Å². The molecule has 6 nitrogen and oxygen atoms in total. The monoisotopic (exact) mass is 471 g/mol. The first-order valence-corrected chi connectivity index (χ1v) is 11.7. The van der Waals surface area contributed by atoms with E-state index < -0.39 is 10.0 Å². The zero-order valence-corrected chi connectivity index (χ0v) is 18.2. The summed E-state index contributed by atoms with van der Waals surface area (Å²) < 4.78 is 27.9. The van der Waals surface area contributed by atoms with E-state index in [-0.39, 0.29) is 12.5 Å². The Hall–Kier alpha value is -1.26. The fourth-order valence-electron chi connectivity index (χ4n) is 2.95. The molecular formula is C18H22BrN3O3S2. The normalized spacial score (nSPS) is 16.4. The number of carbonyl (C=O) groups excluding carboxylic acids is 1. The standard InChI is InChI=1S/C18H22BrN3O3S2/c1-14-4-2-3-5-15(14)12-20-17(23)13-21-8-10-22(11-9-21)27(24,25)18-7-6-16(19)26-18/h2-7H,8-13H2,1H3,(H,20,23). The average Bonchev–Trinajstić information content (AvgIpc) is 3.09. The van der Waals surface area contributed by atoms with E-state index in [2.05, 4.69) is 21.2 Å². The molecule has 0 spiro atoms. The van der Waals surface area contributed by atoms with E-state index in [4.69, 9.17) is 0 Å². The Bertz CT molecular complexity index is 906. The molecule has 9 heteroatoms. The van der Waals surface area contributed by atoms with Crippen LogP contribution in [0.4, 0.5) is 0 Å². The van der Waals surface area contributed by atoms with Gasteiger partial charge in [0.2, 0.25) is 5.91 Å². The lowest BCUT2D eigenvalue weighted by Gasteiger charge is -2.33. The lowest BCUT2D eigenvalue weighted by atomic mass is 10.1. The molecule has 1 aliphatic rings. The molecule has 1 saturated heterocycles. The van der Waals surface area contributed by atoms with Crippen LogP contribution in [0.3, 0.4) is 0 Å². The van der Waals surface area contributed by atoms with Crippen LogP contribution in [0.1, 0.15) is 11.1 Å². The third kappa shape index (κ3) is 5.17. The molecule has 1 N–H and O–H groups in total. The van der Waals surface area contributed by atoms with E-state index in [1.165, 1.54) is 15.6 Å². The molecule has 0 bridgehead atoms. The minimum absolute atomic E-state index is 0.0447. The minimum Gasteiger partial charge on any atom is -0.351 e. The van der Waals surface area contributed by atoms with Crippen LogP contribution >= 0.6 is 27.3 Å². The second-order valence-electron chi connectivity index (χ2n) is 6.44. The molecule has 27 heavy (non-hydrogen) atoms. The fourth-order valence-corrected chi connectivity index (χ4v) is 6.54. The van der Waals surface area contributed by atoms with E-state index in [1.54, 1.807) is 12.1 Å². The van der Waals surface area contributed by atoms with Gasteiger partial charge in [0.05, 0.1) is 10.3 Å². The number of piperazine rings is 1. The number of benzene rings is 1. The highest BCUT2D eigenvalue weighted by Gasteiger charge is 2.30. The van der Waals surface area contributed by atoms with Crippen LogP contribution in [0, 0.1) is 6.92 Å². The maximum atomic E-state index is 12.6. The van der Waals surface area contributed by atoms with Gasteiger partial charge in [0.15, 0.2) is 0 Å². The van der Waals surface area contributed by atoms with Crippen molar-refractivity contribution >= 4 is 43.2 Å². The molecule has 3 rings (SSSR count). The number of rotatable bonds is 6. The van der Waals surface area contributed by atoms with Gasteiger partial charge >= 0.3 is 0 Å². The number of hydrogen-bond acceptors (Lipinski definition) is 5. The van der Waals surface area contributed by atoms with Crippen molar-refractivity contribution in [1.82, 2.24) is 14.5 Å². The third-order valence-corrected chi connectivity index (χ3v) is 8.57. The number of carbonyl (C=O) groups is 1. The van der Waals surface area contributed by atoms with Gasteiger partial charge in [-0.25, -0.2) is 8.42 Å². The summed E-state index contributed by atoms with van der Waals surface area (Å²) >= 11 is 4.52. The molecule has 0 aliphatic carbocycles. The number of halogens is 1. The van der Waals surface area contributed by atoms with Gasteiger partial charge in [0.1, 0.15) is 4.21 Å². The van der Waals surface area contributed by atoms with Gasteiger partial charge in [-0.3, -0.25) is 9.69 Å². The van der Waals surface area contributed by atoms with Crippen molar-refractivity contribution in [3.05, 3.63) is 51.3 Å². The van der Waals surface area contributed by atoms with E-state index in [1.807, 2.05) is 36.1 Å². The molecule has 1 amide bonds. The maximum Gasteiger partial charge on any atom is 0.252 e. The van der Waals surface area contributed by atoms with Gasteiger partial charge in [0, 0.05) is 32.7 Å². The first-order chi connectivity index (χ1) is 12.9. The molecule has 2 aromatic rings. The van der Waals surface area contributed by atoms with Crippen molar-refractivity contribution in [2.45, 2.75) is 17.7 Å². The molecule has 0 radical (unpaired) electrons. The van der Waals surface area contributed by atoms with Crippen molar-refractivity contribution in [2.24, 2.45) is 0 Å². The first-order valence-electron chi connectivity index (χ1n) is 8.65. The van der Waals surface area contributed by atoms with Gasteiger partial charge in [0.25, 0.3) is 10.0 Å². The van der Waals surface area contributed by atoms with Crippen LogP contribution in [-0.2, 0) is 21.4 Å². The Kier molecular flexibility index (Phi) is 6.69. The largest absolute Gasteiger partial charge is 0.351 e. The summed E-state index contributed by atoms with van der Waals surface area (Å²) in [7, 11) is -3.45. The van der Waals surface area contributed by atoms with Crippen LogP contribution in [0.25, 0.3) is 0 Å². The summed E-state index contributed by atoms with van der Waals surface area (Å²) in [4.78, 5) is 14.2. The Morgan fingerprint density at radius 2 is 1.85 bits per heavy atom. The average molecular weight is 472 g/mol. The minimum atomic E-state index is -3.45. The zero-order chi connectivity index (χ0) is 19.4. The summed E-state index contributed by atoms with van der Waals surface area (Å²) in [6.45, 7) is 4.68. The maximum absolute atomic E-state index is 12.6. The van der Waals surface area contributed by atoms with Crippen molar-refractivity contribution in [1.29, 1.82) is 0 Å². The molecule has 1 aromatic heterocycles. The second-order valence-corrected chi connectivity index (χ2v) is 11.1. The van der Waals surface area contributed by atoms with Crippen LogP contribution in [-0.4, -0.2) is 56.3 Å². The van der Waals surface area contributed by atoms with Gasteiger partial charge in [-0.1, -0.05) is 24.3 Å². The number of nitrogens with one attached hydrogen (secondary N) is 1. The van der Waals surface area contributed by atoms with Gasteiger partial charge in [-0.15, -0.1) is 11.3 Å². The molecule has 0 saturated carbocycles. The highest BCUT2D eigenvalue weighted by molar-refractivity contribution is 9.11. The quantitative estimate of drug-likeness (QED) is 0.702. The fraction of sp³-hybridized carbons (Fsp3) is 0.389. The number of thiophene rings is 1.